The number of benzene rings is 2. The quantitative estimate of drug-likeness (QED) is 0.683. The Hall–Kier alpha value is -2.35. The number of anilines is 1. The molecule has 3 atom stereocenters. The van der Waals surface area contributed by atoms with Gasteiger partial charge in [0.2, 0.25) is 5.91 Å². The van der Waals surface area contributed by atoms with E-state index in [9.17, 15) is 4.79 Å². The maximum atomic E-state index is 13.7. The molecule has 0 saturated heterocycles. The van der Waals surface area contributed by atoms with Crippen molar-refractivity contribution in [2.24, 2.45) is 11.8 Å². The van der Waals surface area contributed by atoms with Gasteiger partial charge in [-0.25, -0.2) is 0 Å². The Morgan fingerprint density at radius 2 is 1.73 bits per heavy atom. The van der Waals surface area contributed by atoms with Gasteiger partial charge in [-0.3, -0.25) is 4.79 Å². The predicted octanol–water partition coefficient (Wildman–Crippen LogP) is 5.24. The van der Waals surface area contributed by atoms with Gasteiger partial charge in [-0.1, -0.05) is 73.5 Å². The van der Waals surface area contributed by atoms with E-state index >= 15 is 0 Å². The minimum Gasteiger partial charge on any atom is -0.307 e. The van der Waals surface area contributed by atoms with Gasteiger partial charge in [0.05, 0.1) is 12.0 Å². The number of carbonyl (C=O) groups excluding carboxylic acids is 1. The molecule has 2 aliphatic carbocycles. The van der Waals surface area contributed by atoms with E-state index in [1.54, 1.807) is 0 Å². The molecule has 0 N–H and O–H groups in total. The van der Waals surface area contributed by atoms with Gasteiger partial charge in [0, 0.05) is 5.69 Å². The zero-order valence-corrected chi connectivity index (χ0v) is 15.1. The first-order chi connectivity index (χ1) is 12.8. The molecule has 0 radical (unpaired) electrons. The summed E-state index contributed by atoms with van der Waals surface area (Å²) in [7, 11) is 0. The lowest BCUT2D eigenvalue weighted by atomic mass is 9.63. The number of hydrogen-bond acceptors (Lipinski definition) is 1. The Kier molecular flexibility index (Phi) is 3.74. The summed E-state index contributed by atoms with van der Waals surface area (Å²) in [6.07, 6.45) is 10.8. The Labute approximate surface area is 155 Å². The molecule has 1 aliphatic heterocycles. The summed E-state index contributed by atoms with van der Waals surface area (Å²) in [6.45, 7) is 0.653. The first-order valence-corrected chi connectivity index (χ1v) is 9.93. The Morgan fingerprint density at radius 1 is 0.962 bits per heavy atom. The molecule has 26 heavy (non-hydrogen) atoms. The maximum Gasteiger partial charge on any atom is 0.241 e. The summed E-state index contributed by atoms with van der Waals surface area (Å²) in [5, 5.41) is 0. The zero-order chi connectivity index (χ0) is 17.6. The minimum atomic E-state index is -0.441. The van der Waals surface area contributed by atoms with Crippen LogP contribution in [0, 0.1) is 11.8 Å². The highest BCUT2D eigenvalue weighted by atomic mass is 16.2. The summed E-state index contributed by atoms with van der Waals surface area (Å²) >= 11 is 0. The van der Waals surface area contributed by atoms with Crippen LogP contribution in [0.3, 0.4) is 0 Å². The number of rotatable bonds is 2. The third-order valence-corrected chi connectivity index (χ3v) is 6.67. The van der Waals surface area contributed by atoms with Gasteiger partial charge in [-0.2, -0.15) is 0 Å². The highest BCUT2D eigenvalue weighted by Crippen LogP contribution is 2.52. The van der Waals surface area contributed by atoms with Gasteiger partial charge in [-0.15, -0.1) is 0 Å². The zero-order valence-electron chi connectivity index (χ0n) is 15.1. The number of para-hydroxylation sites is 1. The van der Waals surface area contributed by atoms with Crippen LogP contribution < -0.4 is 4.90 Å². The van der Waals surface area contributed by atoms with Crippen molar-refractivity contribution in [3.8, 4) is 0 Å². The van der Waals surface area contributed by atoms with Gasteiger partial charge in [0.15, 0.2) is 0 Å². The fourth-order valence-corrected chi connectivity index (χ4v) is 5.35. The molecule has 1 heterocycles. The van der Waals surface area contributed by atoms with E-state index < -0.39 is 5.41 Å². The predicted molar refractivity (Wildman–Crippen MR) is 105 cm³/mol. The lowest BCUT2D eigenvalue weighted by Crippen LogP contribution is -2.43. The Morgan fingerprint density at radius 3 is 2.62 bits per heavy atom. The van der Waals surface area contributed by atoms with Gasteiger partial charge in [-0.05, 0) is 48.3 Å². The van der Waals surface area contributed by atoms with E-state index in [0.29, 0.717) is 18.4 Å². The first kappa shape index (κ1) is 15.9. The number of hydrogen-bond donors (Lipinski definition) is 0. The molecule has 2 aromatic carbocycles. The van der Waals surface area contributed by atoms with Crippen LogP contribution in [-0.2, 0) is 16.8 Å². The molecule has 1 amide bonds. The fraction of sp³-hybridized carbons (Fsp3) is 0.375. The Balaban J connectivity index is 1.56. The summed E-state index contributed by atoms with van der Waals surface area (Å²) < 4.78 is 0. The van der Waals surface area contributed by atoms with Crippen molar-refractivity contribution in [1.82, 2.24) is 0 Å². The average molecular weight is 343 g/mol. The molecule has 1 fully saturated rings. The molecule has 3 aliphatic rings. The number of allylic oxidation sites excluding steroid dienone is 1. The van der Waals surface area contributed by atoms with E-state index in [4.69, 9.17) is 0 Å². The van der Waals surface area contributed by atoms with Crippen LogP contribution >= 0.6 is 0 Å². The van der Waals surface area contributed by atoms with Crippen molar-refractivity contribution in [1.29, 1.82) is 0 Å². The van der Waals surface area contributed by atoms with E-state index in [1.165, 1.54) is 36.8 Å². The largest absolute Gasteiger partial charge is 0.307 e. The minimum absolute atomic E-state index is 0.267. The smallest absolute Gasteiger partial charge is 0.241 e. The van der Waals surface area contributed by atoms with Crippen molar-refractivity contribution >= 4 is 11.6 Å². The lowest BCUT2D eigenvalue weighted by Gasteiger charge is -2.40. The van der Waals surface area contributed by atoms with Crippen LogP contribution in [0.25, 0.3) is 0 Å². The van der Waals surface area contributed by atoms with Crippen LogP contribution in [0.15, 0.2) is 66.7 Å². The van der Waals surface area contributed by atoms with Crippen molar-refractivity contribution < 1.29 is 4.79 Å². The molecule has 5 rings (SSSR count). The van der Waals surface area contributed by atoms with Gasteiger partial charge in [0.1, 0.15) is 0 Å². The highest BCUT2D eigenvalue weighted by molar-refractivity contribution is 6.09. The van der Waals surface area contributed by atoms with Crippen molar-refractivity contribution in [3.63, 3.8) is 0 Å². The molecule has 2 aromatic rings. The second kappa shape index (κ2) is 6.12. The maximum absolute atomic E-state index is 13.7. The molecule has 0 aromatic heterocycles. The SMILES string of the molecule is O=C1N(Cc2ccccc2)c2ccccc2[C@]12C=C[C@H]1CCCC[C@@H]1C2. The fourth-order valence-electron chi connectivity index (χ4n) is 5.35. The summed E-state index contributed by atoms with van der Waals surface area (Å²) in [6, 6.07) is 18.8. The van der Waals surface area contributed by atoms with Crippen LogP contribution in [-0.4, -0.2) is 5.91 Å². The monoisotopic (exact) mass is 343 g/mol. The average Bonchev–Trinajstić information content (AvgIpc) is 2.92. The molecule has 1 saturated carbocycles. The molecular formula is C24H25NO. The molecule has 2 nitrogen and oxygen atoms in total. The number of fused-ring (bicyclic) bond motifs is 3. The molecule has 0 bridgehead atoms. The van der Waals surface area contributed by atoms with Crippen molar-refractivity contribution in [3.05, 3.63) is 77.9 Å². The Bertz CT molecular complexity index is 856. The first-order valence-electron chi connectivity index (χ1n) is 9.93. The van der Waals surface area contributed by atoms with Gasteiger partial charge in [0.25, 0.3) is 0 Å². The van der Waals surface area contributed by atoms with Crippen LogP contribution in [0.1, 0.15) is 43.2 Å². The van der Waals surface area contributed by atoms with Crippen LogP contribution in [0.4, 0.5) is 5.69 Å². The summed E-state index contributed by atoms with van der Waals surface area (Å²) in [4.78, 5) is 15.7. The molecule has 2 heteroatoms. The van der Waals surface area contributed by atoms with E-state index in [-0.39, 0.29) is 5.91 Å². The van der Waals surface area contributed by atoms with E-state index in [2.05, 4.69) is 48.6 Å². The van der Waals surface area contributed by atoms with Crippen molar-refractivity contribution in [2.75, 3.05) is 4.90 Å². The normalized spacial score (nSPS) is 29.7. The topological polar surface area (TPSA) is 20.3 Å². The van der Waals surface area contributed by atoms with Gasteiger partial charge >= 0.3 is 0 Å². The second-order valence-corrected chi connectivity index (χ2v) is 8.14. The molecular weight excluding hydrogens is 318 g/mol. The summed E-state index contributed by atoms with van der Waals surface area (Å²) in [5.74, 6) is 1.60. The number of amides is 1. The van der Waals surface area contributed by atoms with Crippen LogP contribution in [0.5, 0.6) is 0 Å². The highest BCUT2D eigenvalue weighted by Gasteiger charge is 2.52. The summed E-state index contributed by atoms with van der Waals surface area (Å²) in [5.41, 5.74) is 3.05. The van der Waals surface area contributed by atoms with Crippen LogP contribution in [0.2, 0.25) is 0 Å². The molecule has 0 unspecified atom stereocenters. The standard InChI is InChI=1S/C24H25NO/c26-23-24(15-14-19-10-4-5-11-20(19)16-24)21-12-6-7-13-22(21)25(23)17-18-8-2-1-3-9-18/h1-3,6-9,12-15,19-20H,4-5,10-11,16-17H2/t19-,20-,24-/m1/s1. The molecule has 132 valence electrons. The third-order valence-electron chi connectivity index (χ3n) is 6.67. The second-order valence-electron chi connectivity index (χ2n) is 8.14. The third kappa shape index (κ3) is 2.35. The van der Waals surface area contributed by atoms with Crippen molar-refractivity contribution in [2.45, 2.75) is 44.1 Å². The molecule has 1 spiro atoms. The lowest BCUT2D eigenvalue weighted by molar-refractivity contribution is -0.122. The van der Waals surface area contributed by atoms with E-state index in [0.717, 1.165) is 12.1 Å². The van der Waals surface area contributed by atoms with E-state index in [1.807, 2.05) is 23.1 Å². The number of carbonyl (C=O) groups is 1. The number of nitrogens with zero attached hydrogens (tertiary/aromatic N) is 1. The van der Waals surface area contributed by atoms with Gasteiger partial charge < -0.3 is 4.90 Å².